The highest BCUT2D eigenvalue weighted by Crippen LogP contribution is 2.31. The zero-order valence-electron chi connectivity index (χ0n) is 16.1. The van der Waals surface area contributed by atoms with E-state index in [1.165, 1.54) is 29.5 Å². The second kappa shape index (κ2) is 10.3. The van der Waals surface area contributed by atoms with Crippen molar-refractivity contribution in [1.29, 1.82) is 0 Å². The van der Waals surface area contributed by atoms with Crippen molar-refractivity contribution >= 4 is 34.0 Å². The van der Waals surface area contributed by atoms with E-state index in [4.69, 9.17) is 17.3 Å². The van der Waals surface area contributed by atoms with E-state index in [0.29, 0.717) is 47.3 Å². The van der Waals surface area contributed by atoms with Gasteiger partial charge >= 0.3 is 0 Å². The maximum atomic E-state index is 12.7. The van der Waals surface area contributed by atoms with E-state index < -0.39 is 6.04 Å². The Morgan fingerprint density at radius 2 is 1.97 bits per heavy atom. The third-order valence-corrected chi connectivity index (χ3v) is 5.38. The van der Waals surface area contributed by atoms with E-state index in [1.807, 2.05) is 18.2 Å². The van der Waals surface area contributed by atoms with Crippen molar-refractivity contribution in [2.75, 3.05) is 11.9 Å². The SMILES string of the molecule is NCCC[C@H](Nc1nc(-c2cc(O)cc(O)c2)cs1)C(=O)NCc1cccc(Cl)c1. The molecule has 0 aliphatic rings. The lowest BCUT2D eigenvalue weighted by molar-refractivity contribution is -0.122. The molecule has 30 heavy (non-hydrogen) atoms. The summed E-state index contributed by atoms with van der Waals surface area (Å²) in [5, 5.41) is 28.4. The fourth-order valence-electron chi connectivity index (χ4n) is 2.91. The summed E-state index contributed by atoms with van der Waals surface area (Å²) in [6.07, 6.45) is 1.24. The van der Waals surface area contributed by atoms with Gasteiger partial charge in [0.25, 0.3) is 0 Å². The molecule has 3 rings (SSSR count). The number of hydrogen-bond acceptors (Lipinski definition) is 7. The van der Waals surface area contributed by atoms with Crippen LogP contribution in [0.25, 0.3) is 11.3 Å². The number of aromatic hydroxyl groups is 2. The van der Waals surface area contributed by atoms with E-state index in [2.05, 4.69) is 15.6 Å². The van der Waals surface area contributed by atoms with Crippen LogP contribution in [0.3, 0.4) is 0 Å². The molecule has 3 aromatic rings. The number of nitrogens with two attached hydrogens (primary N) is 1. The Labute approximate surface area is 183 Å². The number of halogens is 1. The van der Waals surface area contributed by atoms with Crippen molar-refractivity contribution in [2.24, 2.45) is 5.73 Å². The normalized spacial score (nSPS) is 11.8. The molecule has 2 aromatic carbocycles. The fourth-order valence-corrected chi connectivity index (χ4v) is 3.90. The zero-order chi connectivity index (χ0) is 21.5. The molecule has 0 spiro atoms. The molecule has 1 amide bonds. The molecule has 0 saturated heterocycles. The van der Waals surface area contributed by atoms with Gasteiger partial charge in [0, 0.05) is 28.6 Å². The van der Waals surface area contributed by atoms with Gasteiger partial charge in [0.1, 0.15) is 17.5 Å². The lowest BCUT2D eigenvalue weighted by Crippen LogP contribution is -2.39. The van der Waals surface area contributed by atoms with Gasteiger partial charge in [0.05, 0.1) is 5.69 Å². The van der Waals surface area contributed by atoms with Crippen LogP contribution >= 0.6 is 22.9 Å². The van der Waals surface area contributed by atoms with Crippen molar-refractivity contribution in [3.05, 3.63) is 58.4 Å². The molecule has 9 heteroatoms. The van der Waals surface area contributed by atoms with Crippen LogP contribution < -0.4 is 16.4 Å². The average Bonchev–Trinajstić information content (AvgIpc) is 3.17. The summed E-state index contributed by atoms with van der Waals surface area (Å²) < 4.78 is 0. The number of carbonyl (C=O) groups is 1. The molecule has 158 valence electrons. The molecule has 0 unspecified atom stereocenters. The van der Waals surface area contributed by atoms with Crippen molar-refractivity contribution in [2.45, 2.75) is 25.4 Å². The number of nitrogens with one attached hydrogen (secondary N) is 2. The number of aromatic nitrogens is 1. The minimum absolute atomic E-state index is 0.0475. The summed E-state index contributed by atoms with van der Waals surface area (Å²) in [5.41, 5.74) is 7.71. The van der Waals surface area contributed by atoms with Gasteiger partial charge in [-0.25, -0.2) is 4.98 Å². The molecule has 1 heterocycles. The first kappa shape index (κ1) is 21.9. The summed E-state index contributed by atoms with van der Waals surface area (Å²) in [7, 11) is 0. The minimum atomic E-state index is -0.496. The number of thiazole rings is 1. The number of phenols is 2. The largest absolute Gasteiger partial charge is 0.508 e. The van der Waals surface area contributed by atoms with Gasteiger partial charge in [-0.15, -0.1) is 11.3 Å². The van der Waals surface area contributed by atoms with Gasteiger partial charge in [-0.2, -0.15) is 0 Å². The minimum Gasteiger partial charge on any atom is -0.508 e. The van der Waals surface area contributed by atoms with Crippen LogP contribution in [0.2, 0.25) is 5.02 Å². The maximum Gasteiger partial charge on any atom is 0.242 e. The highest BCUT2D eigenvalue weighted by Gasteiger charge is 2.19. The number of carbonyl (C=O) groups excluding carboxylic acids is 1. The van der Waals surface area contributed by atoms with Crippen LogP contribution in [0.15, 0.2) is 47.8 Å². The topological polar surface area (TPSA) is 120 Å². The molecule has 0 saturated carbocycles. The number of nitrogens with zero attached hydrogens (tertiary/aromatic N) is 1. The Morgan fingerprint density at radius 3 is 2.67 bits per heavy atom. The van der Waals surface area contributed by atoms with E-state index in [0.717, 1.165) is 5.56 Å². The van der Waals surface area contributed by atoms with Crippen LogP contribution in [0, 0.1) is 0 Å². The van der Waals surface area contributed by atoms with Crippen LogP contribution in [-0.2, 0) is 11.3 Å². The first-order chi connectivity index (χ1) is 14.4. The fraction of sp³-hybridized carbons (Fsp3) is 0.238. The summed E-state index contributed by atoms with van der Waals surface area (Å²) in [4.78, 5) is 17.2. The molecule has 1 atom stereocenters. The lowest BCUT2D eigenvalue weighted by atomic mass is 10.1. The Balaban J connectivity index is 1.68. The van der Waals surface area contributed by atoms with Gasteiger partial charge in [-0.1, -0.05) is 23.7 Å². The maximum absolute atomic E-state index is 12.7. The smallest absolute Gasteiger partial charge is 0.242 e. The highest BCUT2D eigenvalue weighted by molar-refractivity contribution is 7.14. The molecular formula is C21H23ClN4O3S. The first-order valence-electron chi connectivity index (χ1n) is 9.42. The summed E-state index contributed by atoms with van der Waals surface area (Å²) in [6.45, 7) is 0.845. The molecule has 0 radical (unpaired) electrons. The molecule has 1 aromatic heterocycles. The third kappa shape index (κ3) is 6.09. The lowest BCUT2D eigenvalue weighted by Gasteiger charge is -2.18. The van der Waals surface area contributed by atoms with Gasteiger partial charge in [0.2, 0.25) is 5.91 Å². The second-order valence-electron chi connectivity index (χ2n) is 6.75. The molecular weight excluding hydrogens is 424 g/mol. The molecule has 0 fully saturated rings. The number of benzene rings is 2. The van der Waals surface area contributed by atoms with Gasteiger partial charge in [-0.05, 0) is 49.2 Å². The van der Waals surface area contributed by atoms with Crippen LogP contribution in [0.5, 0.6) is 11.5 Å². The monoisotopic (exact) mass is 446 g/mol. The quantitative estimate of drug-likeness (QED) is 0.341. The number of amides is 1. The summed E-state index contributed by atoms with van der Waals surface area (Å²) >= 11 is 7.33. The van der Waals surface area contributed by atoms with Crippen molar-refractivity contribution < 1.29 is 15.0 Å². The van der Waals surface area contributed by atoms with E-state index >= 15 is 0 Å². The van der Waals surface area contributed by atoms with Gasteiger partial charge in [-0.3, -0.25) is 4.79 Å². The third-order valence-electron chi connectivity index (χ3n) is 4.37. The molecule has 0 bridgehead atoms. The predicted octanol–water partition coefficient (Wildman–Crippen LogP) is 3.71. The Bertz CT molecular complexity index is 991. The number of anilines is 1. The molecule has 0 aliphatic carbocycles. The van der Waals surface area contributed by atoms with E-state index in [1.54, 1.807) is 11.4 Å². The van der Waals surface area contributed by atoms with Crippen molar-refractivity contribution in [1.82, 2.24) is 10.3 Å². The van der Waals surface area contributed by atoms with E-state index in [-0.39, 0.29) is 17.4 Å². The van der Waals surface area contributed by atoms with Gasteiger partial charge in [0.15, 0.2) is 5.13 Å². The Kier molecular flexibility index (Phi) is 7.51. The van der Waals surface area contributed by atoms with E-state index in [9.17, 15) is 15.0 Å². The summed E-state index contributed by atoms with van der Waals surface area (Å²) in [5.74, 6) is -0.252. The van der Waals surface area contributed by atoms with Crippen molar-refractivity contribution in [3.63, 3.8) is 0 Å². The zero-order valence-corrected chi connectivity index (χ0v) is 17.7. The summed E-state index contributed by atoms with van der Waals surface area (Å²) in [6, 6.07) is 11.1. The number of hydrogen-bond donors (Lipinski definition) is 5. The first-order valence-corrected chi connectivity index (χ1v) is 10.7. The van der Waals surface area contributed by atoms with Crippen LogP contribution in [0.4, 0.5) is 5.13 Å². The van der Waals surface area contributed by atoms with Gasteiger partial charge < -0.3 is 26.6 Å². The molecule has 0 aliphatic heterocycles. The standard InChI is InChI=1S/C21H23ClN4O3S/c22-15-4-1-3-13(7-15)11-24-20(29)18(5-2-6-23)25-21-26-19(12-30-21)14-8-16(27)10-17(28)9-14/h1,3-4,7-10,12,18,27-28H,2,5-6,11,23H2,(H,24,29)(H,25,26)/t18-/m0/s1. The Morgan fingerprint density at radius 1 is 1.20 bits per heavy atom. The molecule has 7 nitrogen and oxygen atoms in total. The highest BCUT2D eigenvalue weighted by atomic mass is 35.5. The second-order valence-corrected chi connectivity index (χ2v) is 8.05. The van der Waals surface area contributed by atoms with Crippen LogP contribution in [-0.4, -0.2) is 33.7 Å². The predicted molar refractivity (Wildman–Crippen MR) is 120 cm³/mol. The number of phenolic OH excluding ortho intramolecular Hbond substituents is 2. The average molecular weight is 447 g/mol. The molecule has 6 N–H and O–H groups in total. The number of rotatable bonds is 9. The van der Waals surface area contributed by atoms with Crippen LogP contribution in [0.1, 0.15) is 18.4 Å². The van der Waals surface area contributed by atoms with Crippen molar-refractivity contribution in [3.8, 4) is 22.8 Å². The Hall–Kier alpha value is -2.81.